The molecule has 208 valence electrons. The Morgan fingerprint density at radius 2 is 1.07 bits per heavy atom. The summed E-state index contributed by atoms with van der Waals surface area (Å²) in [6, 6.07) is 46.7. The highest BCUT2D eigenvalue weighted by molar-refractivity contribution is 6.97. The Kier molecular flexibility index (Phi) is 4.68. The molecule has 0 spiro atoms. The molecule has 1 heteroatoms. The van der Waals surface area contributed by atoms with Crippen LogP contribution in [0.25, 0.3) is 11.1 Å². The van der Waals surface area contributed by atoms with E-state index in [1.54, 1.807) is 5.46 Å². The van der Waals surface area contributed by atoms with Gasteiger partial charge in [-0.05, 0) is 106 Å². The number of hydrogen-bond donors (Lipinski definition) is 0. The van der Waals surface area contributed by atoms with Gasteiger partial charge in [0.05, 0.1) is 0 Å². The summed E-state index contributed by atoms with van der Waals surface area (Å²) in [6.45, 7) is 7.60. The number of aryl methyl sites for hydroxylation is 1. The zero-order valence-corrected chi connectivity index (χ0v) is 25.5. The lowest BCUT2D eigenvalue weighted by Crippen LogP contribution is -2.61. The quantitative estimate of drug-likeness (QED) is 0.185. The standard InChI is InChI=1S/C43H33B/c1-26-12-10-18-35-39(26)43(3)34-17-7-6-16-33(34)42(35,2)36-19-11-15-31(40(36)43)30-23-22-29-24-27-13-4-8-20-37(27)44-38-21-9-5-14-28(38)25-32(30)41(29)44/h4-23H,24-25H2,1-3H3. The van der Waals surface area contributed by atoms with E-state index in [1.165, 1.54) is 83.3 Å². The Hall–Kier alpha value is -4.62. The van der Waals surface area contributed by atoms with Gasteiger partial charge in [-0.1, -0.05) is 138 Å². The number of rotatable bonds is 1. The lowest BCUT2D eigenvalue weighted by molar-refractivity contribution is 0.510. The van der Waals surface area contributed by atoms with Crippen molar-refractivity contribution in [3.63, 3.8) is 0 Å². The van der Waals surface area contributed by atoms with E-state index in [4.69, 9.17) is 0 Å². The Morgan fingerprint density at radius 3 is 1.82 bits per heavy atom. The van der Waals surface area contributed by atoms with Gasteiger partial charge in [-0.3, -0.25) is 0 Å². The Morgan fingerprint density at radius 1 is 0.477 bits per heavy atom. The molecule has 0 aromatic heterocycles. The maximum absolute atomic E-state index is 2.51. The van der Waals surface area contributed by atoms with Crippen molar-refractivity contribution in [1.29, 1.82) is 0 Å². The molecule has 0 nitrogen and oxygen atoms in total. The molecule has 2 unspecified atom stereocenters. The van der Waals surface area contributed by atoms with Crippen molar-refractivity contribution in [3.8, 4) is 11.1 Å². The third-order valence-electron chi connectivity index (χ3n) is 11.9. The normalized spacial score (nSPS) is 21.0. The molecule has 2 atom stereocenters. The summed E-state index contributed by atoms with van der Waals surface area (Å²) in [5.41, 5.74) is 23.2. The molecule has 0 saturated carbocycles. The highest BCUT2D eigenvalue weighted by Gasteiger charge is 2.56. The second-order valence-corrected chi connectivity index (χ2v) is 13.9. The van der Waals surface area contributed by atoms with E-state index >= 15 is 0 Å². The maximum atomic E-state index is 2.51. The number of benzene rings is 6. The Labute approximate surface area is 260 Å². The van der Waals surface area contributed by atoms with E-state index in [0.717, 1.165) is 12.8 Å². The van der Waals surface area contributed by atoms with Gasteiger partial charge >= 0.3 is 0 Å². The first-order chi connectivity index (χ1) is 21.5. The maximum Gasteiger partial charge on any atom is 0.242 e. The van der Waals surface area contributed by atoms with Crippen molar-refractivity contribution in [2.75, 3.05) is 0 Å². The first kappa shape index (κ1) is 24.8. The van der Waals surface area contributed by atoms with Crippen LogP contribution in [0.3, 0.4) is 0 Å². The molecule has 6 aromatic carbocycles. The average Bonchev–Trinajstić information content (AvgIpc) is 3.06. The second-order valence-electron chi connectivity index (χ2n) is 13.9. The van der Waals surface area contributed by atoms with Crippen molar-refractivity contribution in [2.45, 2.75) is 44.4 Å². The van der Waals surface area contributed by atoms with Gasteiger partial charge in [0, 0.05) is 10.8 Å². The average molecular weight is 561 g/mol. The number of fused-ring (bicyclic) bond motifs is 4. The number of hydrogen-bond acceptors (Lipinski definition) is 0. The highest BCUT2D eigenvalue weighted by atomic mass is 14.6. The zero-order chi connectivity index (χ0) is 29.4. The zero-order valence-electron chi connectivity index (χ0n) is 25.5. The fourth-order valence-corrected chi connectivity index (χ4v) is 10.2. The summed E-state index contributed by atoms with van der Waals surface area (Å²) >= 11 is 0. The lowest BCUT2D eigenvalue weighted by Gasteiger charge is -2.55. The first-order valence-corrected chi connectivity index (χ1v) is 16.2. The predicted octanol–water partition coefficient (Wildman–Crippen LogP) is 7.32. The van der Waals surface area contributed by atoms with Crippen LogP contribution in [0.5, 0.6) is 0 Å². The van der Waals surface area contributed by atoms with Crippen LogP contribution in [0.1, 0.15) is 75.0 Å². The van der Waals surface area contributed by atoms with Gasteiger partial charge in [0.2, 0.25) is 6.71 Å². The molecule has 0 amide bonds. The first-order valence-electron chi connectivity index (χ1n) is 16.2. The van der Waals surface area contributed by atoms with E-state index in [0.29, 0.717) is 6.71 Å². The topological polar surface area (TPSA) is 0 Å². The van der Waals surface area contributed by atoms with Crippen LogP contribution in [-0.4, -0.2) is 6.71 Å². The molecular formula is C43H33B. The Balaban J connectivity index is 1.30. The van der Waals surface area contributed by atoms with Crippen LogP contribution in [-0.2, 0) is 23.7 Å². The minimum absolute atomic E-state index is 0.194. The molecule has 44 heavy (non-hydrogen) atoms. The summed E-state index contributed by atoms with van der Waals surface area (Å²) in [4.78, 5) is 0. The predicted molar refractivity (Wildman–Crippen MR) is 184 cm³/mol. The second kappa shape index (κ2) is 8.30. The van der Waals surface area contributed by atoms with Gasteiger partial charge in [0.15, 0.2) is 0 Å². The molecule has 0 fully saturated rings. The van der Waals surface area contributed by atoms with Gasteiger partial charge in [0.1, 0.15) is 0 Å². The molecule has 5 aliphatic rings. The minimum atomic E-state index is -0.234. The van der Waals surface area contributed by atoms with Crippen LogP contribution >= 0.6 is 0 Å². The summed E-state index contributed by atoms with van der Waals surface area (Å²) in [6.07, 6.45) is 2.00. The molecule has 2 aliphatic heterocycles. The molecular weight excluding hydrogens is 527 g/mol. The van der Waals surface area contributed by atoms with Crippen LogP contribution in [0.4, 0.5) is 0 Å². The molecule has 3 aliphatic carbocycles. The van der Waals surface area contributed by atoms with Crippen LogP contribution in [0.15, 0.2) is 121 Å². The van der Waals surface area contributed by atoms with Crippen molar-refractivity contribution in [1.82, 2.24) is 0 Å². The van der Waals surface area contributed by atoms with Gasteiger partial charge in [-0.2, -0.15) is 0 Å². The van der Waals surface area contributed by atoms with Gasteiger partial charge in [-0.15, -0.1) is 0 Å². The van der Waals surface area contributed by atoms with E-state index < -0.39 is 0 Å². The fraction of sp³-hybridized carbons (Fsp3) is 0.163. The smallest absolute Gasteiger partial charge is 0.0667 e. The van der Waals surface area contributed by atoms with E-state index in [2.05, 4.69) is 142 Å². The fourth-order valence-electron chi connectivity index (χ4n) is 10.2. The van der Waals surface area contributed by atoms with Crippen molar-refractivity contribution in [3.05, 3.63) is 183 Å². The summed E-state index contributed by atoms with van der Waals surface area (Å²) in [7, 11) is 0. The van der Waals surface area contributed by atoms with E-state index in [9.17, 15) is 0 Å². The van der Waals surface area contributed by atoms with Gasteiger partial charge < -0.3 is 0 Å². The van der Waals surface area contributed by atoms with Gasteiger partial charge in [-0.25, -0.2) is 0 Å². The molecule has 2 heterocycles. The molecule has 6 aromatic rings. The summed E-state index contributed by atoms with van der Waals surface area (Å²) < 4.78 is 0. The summed E-state index contributed by atoms with van der Waals surface area (Å²) in [5.74, 6) is 0. The van der Waals surface area contributed by atoms with Gasteiger partial charge in [0.25, 0.3) is 0 Å². The highest BCUT2D eigenvalue weighted by Crippen LogP contribution is 2.64. The lowest BCUT2D eigenvalue weighted by atomic mass is 9.30. The van der Waals surface area contributed by atoms with Crippen molar-refractivity contribution >= 4 is 23.1 Å². The SMILES string of the molecule is Cc1cccc2c1C1(C)c3ccccc3C2(C)c2cccc(-c3ccc4c5c3Cc3ccccc3B5c3ccccc3C4)c21. The van der Waals surface area contributed by atoms with E-state index in [-0.39, 0.29) is 10.8 Å². The van der Waals surface area contributed by atoms with Crippen molar-refractivity contribution < 1.29 is 0 Å². The molecule has 0 N–H and O–H groups in total. The van der Waals surface area contributed by atoms with Crippen LogP contribution < -0.4 is 16.4 Å². The molecule has 11 rings (SSSR count). The third-order valence-corrected chi connectivity index (χ3v) is 11.9. The largest absolute Gasteiger partial charge is 0.242 e. The molecule has 0 saturated heterocycles. The molecule has 0 radical (unpaired) electrons. The Bertz CT molecular complexity index is 2230. The monoisotopic (exact) mass is 560 g/mol. The van der Waals surface area contributed by atoms with E-state index in [1.807, 2.05) is 0 Å². The summed E-state index contributed by atoms with van der Waals surface area (Å²) in [5, 5.41) is 0. The third kappa shape index (κ3) is 2.78. The molecule has 2 bridgehead atoms. The van der Waals surface area contributed by atoms with Crippen LogP contribution in [0.2, 0.25) is 0 Å². The van der Waals surface area contributed by atoms with Crippen LogP contribution in [0, 0.1) is 6.92 Å². The minimum Gasteiger partial charge on any atom is -0.0667 e. The van der Waals surface area contributed by atoms with Crippen molar-refractivity contribution in [2.24, 2.45) is 0 Å².